The van der Waals surface area contributed by atoms with Gasteiger partial charge in [0.25, 0.3) is 0 Å². The first kappa shape index (κ1) is 17.8. The molecule has 1 aliphatic carbocycles. The summed E-state index contributed by atoms with van der Waals surface area (Å²) in [5, 5.41) is 3.06. The fraction of sp³-hybridized carbons (Fsp3) is 0.632. The lowest BCUT2D eigenvalue weighted by molar-refractivity contribution is -0.134. The number of carbonyl (C=O) groups is 1. The Morgan fingerprint density at radius 3 is 2.35 bits per heavy atom. The average Bonchev–Trinajstić information content (AvgIpc) is 2.49. The third-order valence-electron chi connectivity index (χ3n) is 4.52. The standard InChI is InChI=1S/C19H29NO3/c1-14(2)13-23-17-8-6-16(7-9-17)15(3)20-18(21)12-19(22-4)10-5-11-19/h6-9,14-15H,5,10-13H2,1-4H3,(H,20,21)/t15-/m1/s1. The normalized spacial score (nSPS) is 17.4. The highest BCUT2D eigenvalue weighted by molar-refractivity contribution is 5.77. The average molecular weight is 319 g/mol. The van der Waals surface area contributed by atoms with Gasteiger partial charge in [-0.15, -0.1) is 0 Å². The number of hydrogen-bond acceptors (Lipinski definition) is 3. The molecule has 1 saturated carbocycles. The molecule has 1 atom stereocenters. The molecule has 1 aliphatic rings. The molecule has 1 aromatic rings. The zero-order valence-electron chi connectivity index (χ0n) is 14.7. The Labute approximate surface area is 139 Å². The lowest BCUT2D eigenvalue weighted by atomic mass is 9.77. The molecule has 128 valence electrons. The SMILES string of the molecule is COC1(CC(=O)N[C@H](C)c2ccc(OCC(C)C)cc2)CCC1. The smallest absolute Gasteiger partial charge is 0.223 e. The summed E-state index contributed by atoms with van der Waals surface area (Å²) in [6.45, 7) is 6.97. The maximum atomic E-state index is 12.2. The van der Waals surface area contributed by atoms with Gasteiger partial charge in [-0.2, -0.15) is 0 Å². The van der Waals surface area contributed by atoms with Crippen molar-refractivity contribution in [3.8, 4) is 5.75 Å². The maximum Gasteiger partial charge on any atom is 0.223 e. The Kier molecular flexibility index (Phi) is 6.05. The van der Waals surface area contributed by atoms with Gasteiger partial charge in [-0.05, 0) is 49.8 Å². The molecule has 0 radical (unpaired) electrons. The summed E-state index contributed by atoms with van der Waals surface area (Å²) in [7, 11) is 1.70. The minimum absolute atomic E-state index is 0.0179. The molecule has 1 fully saturated rings. The summed E-state index contributed by atoms with van der Waals surface area (Å²) in [5.74, 6) is 1.43. The lowest BCUT2D eigenvalue weighted by Gasteiger charge is -2.40. The van der Waals surface area contributed by atoms with Crippen molar-refractivity contribution < 1.29 is 14.3 Å². The van der Waals surface area contributed by atoms with Crippen molar-refractivity contribution in [3.63, 3.8) is 0 Å². The van der Waals surface area contributed by atoms with Crippen molar-refractivity contribution in [3.05, 3.63) is 29.8 Å². The van der Waals surface area contributed by atoms with Crippen LogP contribution in [0.4, 0.5) is 0 Å². The van der Waals surface area contributed by atoms with Crippen molar-refractivity contribution in [2.75, 3.05) is 13.7 Å². The van der Waals surface area contributed by atoms with Crippen molar-refractivity contribution in [1.29, 1.82) is 0 Å². The second kappa shape index (κ2) is 7.82. The molecule has 23 heavy (non-hydrogen) atoms. The van der Waals surface area contributed by atoms with Crippen LogP contribution in [0.1, 0.15) is 58.1 Å². The van der Waals surface area contributed by atoms with E-state index in [0.717, 1.165) is 30.6 Å². The number of carbonyl (C=O) groups excluding carboxylic acids is 1. The van der Waals surface area contributed by atoms with Gasteiger partial charge in [0.2, 0.25) is 5.91 Å². The Hall–Kier alpha value is -1.55. The van der Waals surface area contributed by atoms with E-state index in [1.807, 2.05) is 31.2 Å². The van der Waals surface area contributed by atoms with E-state index in [4.69, 9.17) is 9.47 Å². The van der Waals surface area contributed by atoms with Crippen LogP contribution in [0.2, 0.25) is 0 Å². The summed E-state index contributed by atoms with van der Waals surface area (Å²) in [6.07, 6.45) is 3.55. The molecule has 0 aliphatic heterocycles. The van der Waals surface area contributed by atoms with Crippen LogP contribution in [0, 0.1) is 5.92 Å². The minimum atomic E-state index is -0.224. The third-order valence-corrected chi connectivity index (χ3v) is 4.52. The molecule has 0 heterocycles. The van der Waals surface area contributed by atoms with Gasteiger partial charge in [-0.3, -0.25) is 4.79 Å². The Morgan fingerprint density at radius 1 is 1.22 bits per heavy atom. The number of ether oxygens (including phenoxy) is 2. The van der Waals surface area contributed by atoms with Crippen LogP contribution in [0.25, 0.3) is 0 Å². The van der Waals surface area contributed by atoms with Gasteiger partial charge in [-0.1, -0.05) is 26.0 Å². The fourth-order valence-electron chi connectivity index (χ4n) is 2.81. The van der Waals surface area contributed by atoms with Gasteiger partial charge >= 0.3 is 0 Å². The first-order valence-corrected chi connectivity index (χ1v) is 8.51. The molecule has 1 amide bonds. The lowest BCUT2D eigenvalue weighted by Crippen LogP contribution is -2.44. The van der Waals surface area contributed by atoms with Crippen LogP contribution in [0.3, 0.4) is 0 Å². The van der Waals surface area contributed by atoms with Crippen LogP contribution in [0.5, 0.6) is 5.75 Å². The van der Waals surface area contributed by atoms with E-state index < -0.39 is 0 Å². The summed E-state index contributed by atoms with van der Waals surface area (Å²) >= 11 is 0. The summed E-state index contributed by atoms with van der Waals surface area (Å²) in [6, 6.07) is 7.92. The van der Waals surface area contributed by atoms with Gasteiger partial charge in [0.15, 0.2) is 0 Å². The molecule has 4 nitrogen and oxygen atoms in total. The summed E-state index contributed by atoms with van der Waals surface area (Å²) < 4.78 is 11.2. The number of benzene rings is 1. The number of methoxy groups -OCH3 is 1. The minimum Gasteiger partial charge on any atom is -0.493 e. The molecule has 0 aromatic heterocycles. The van der Waals surface area contributed by atoms with Gasteiger partial charge < -0.3 is 14.8 Å². The third kappa shape index (κ3) is 4.96. The number of nitrogens with one attached hydrogen (secondary N) is 1. The van der Waals surface area contributed by atoms with Gasteiger partial charge in [0, 0.05) is 7.11 Å². The van der Waals surface area contributed by atoms with E-state index in [-0.39, 0.29) is 17.6 Å². The van der Waals surface area contributed by atoms with Crippen LogP contribution in [-0.4, -0.2) is 25.2 Å². The largest absolute Gasteiger partial charge is 0.493 e. The van der Waals surface area contributed by atoms with E-state index in [1.165, 1.54) is 0 Å². The number of hydrogen-bond donors (Lipinski definition) is 1. The van der Waals surface area contributed by atoms with Gasteiger partial charge in [0.1, 0.15) is 5.75 Å². The quantitative estimate of drug-likeness (QED) is 0.791. The Bertz CT molecular complexity index is 500. The first-order valence-electron chi connectivity index (χ1n) is 8.51. The molecule has 0 saturated heterocycles. The molecule has 0 unspecified atom stereocenters. The Morgan fingerprint density at radius 2 is 1.87 bits per heavy atom. The number of amides is 1. The predicted molar refractivity (Wildman–Crippen MR) is 91.5 cm³/mol. The van der Waals surface area contributed by atoms with Crippen molar-refractivity contribution >= 4 is 5.91 Å². The molecular formula is C19H29NO3. The van der Waals surface area contributed by atoms with Crippen molar-refractivity contribution in [1.82, 2.24) is 5.32 Å². The second-order valence-electron chi connectivity index (χ2n) is 6.98. The van der Waals surface area contributed by atoms with Crippen LogP contribution < -0.4 is 10.1 Å². The highest BCUT2D eigenvalue weighted by Crippen LogP contribution is 2.38. The molecule has 0 bridgehead atoms. The van der Waals surface area contributed by atoms with E-state index in [0.29, 0.717) is 18.9 Å². The van der Waals surface area contributed by atoms with E-state index in [2.05, 4.69) is 19.2 Å². The highest BCUT2D eigenvalue weighted by Gasteiger charge is 2.39. The van der Waals surface area contributed by atoms with Crippen molar-refractivity contribution in [2.45, 2.75) is 58.1 Å². The molecule has 4 heteroatoms. The van der Waals surface area contributed by atoms with E-state index in [1.54, 1.807) is 7.11 Å². The van der Waals surface area contributed by atoms with Crippen LogP contribution in [0.15, 0.2) is 24.3 Å². The first-order chi connectivity index (χ1) is 10.9. The van der Waals surface area contributed by atoms with Crippen LogP contribution in [-0.2, 0) is 9.53 Å². The van der Waals surface area contributed by atoms with Gasteiger partial charge in [-0.25, -0.2) is 0 Å². The molecule has 0 spiro atoms. The highest BCUT2D eigenvalue weighted by atomic mass is 16.5. The molecule has 2 rings (SSSR count). The maximum absolute atomic E-state index is 12.2. The Balaban J connectivity index is 1.85. The molecule has 1 N–H and O–H groups in total. The molecular weight excluding hydrogens is 290 g/mol. The monoisotopic (exact) mass is 319 g/mol. The summed E-state index contributed by atoms with van der Waals surface area (Å²) in [5.41, 5.74) is 0.855. The predicted octanol–water partition coefficient (Wildman–Crippen LogP) is 3.86. The van der Waals surface area contributed by atoms with E-state index >= 15 is 0 Å². The summed E-state index contributed by atoms with van der Waals surface area (Å²) in [4.78, 5) is 12.2. The van der Waals surface area contributed by atoms with Crippen molar-refractivity contribution in [2.24, 2.45) is 5.92 Å². The number of rotatable bonds is 8. The van der Waals surface area contributed by atoms with Gasteiger partial charge in [0.05, 0.1) is 24.7 Å². The zero-order chi connectivity index (χ0) is 16.9. The topological polar surface area (TPSA) is 47.6 Å². The van der Waals surface area contributed by atoms with E-state index in [9.17, 15) is 4.79 Å². The molecule has 1 aromatic carbocycles. The second-order valence-corrected chi connectivity index (χ2v) is 6.98. The fourth-order valence-corrected chi connectivity index (χ4v) is 2.81. The van der Waals surface area contributed by atoms with Crippen LogP contribution >= 0.6 is 0 Å². The zero-order valence-corrected chi connectivity index (χ0v) is 14.7.